The van der Waals surface area contributed by atoms with Crippen molar-refractivity contribution in [2.75, 3.05) is 6.54 Å². The Labute approximate surface area is 138 Å². The molecule has 3 amide bonds. The summed E-state index contributed by atoms with van der Waals surface area (Å²) in [6.07, 6.45) is -1.37. The zero-order valence-corrected chi connectivity index (χ0v) is 12.9. The molecule has 1 aliphatic rings. The third-order valence-corrected chi connectivity index (χ3v) is 3.35. The number of amides is 3. The van der Waals surface area contributed by atoms with E-state index in [-0.39, 0.29) is 25.7 Å². The summed E-state index contributed by atoms with van der Waals surface area (Å²) in [6, 6.07) is 8.17. The van der Waals surface area contributed by atoms with Gasteiger partial charge in [-0.3, -0.25) is 9.59 Å². The molecule has 0 bridgehead atoms. The molecule has 0 aliphatic carbocycles. The Morgan fingerprint density at radius 3 is 2.50 bits per heavy atom. The van der Waals surface area contributed by atoms with E-state index in [0.29, 0.717) is 0 Å². The van der Waals surface area contributed by atoms with Crippen LogP contribution in [0.1, 0.15) is 12.0 Å². The lowest BCUT2D eigenvalue weighted by molar-refractivity contribution is -0.126. The fourth-order valence-corrected chi connectivity index (χ4v) is 2.01. The van der Waals surface area contributed by atoms with Gasteiger partial charge in [0.2, 0.25) is 11.8 Å². The highest BCUT2D eigenvalue weighted by molar-refractivity contribution is 5.89. The van der Waals surface area contributed by atoms with Crippen LogP contribution in [-0.2, 0) is 25.7 Å². The molecule has 1 heterocycles. The molecular formula is C15H20N4O5. The maximum atomic E-state index is 12.0. The quantitative estimate of drug-likeness (QED) is 0.445. The molecule has 0 spiro atoms. The molecule has 24 heavy (non-hydrogen) atoms. The summed E-state index contributed by atoms with van der Waals surface area (Å²) in [4.78, 5) is 34.7. The smallest absolute Gasteiger partial charge is 0.408 e. The van der Waals surface area contributed by atoms with Crippen LogP contribution >= 0.6 is 0 Å². The normalized spacial score (nSPS) is 19.9. The highest BCUT2D eigenvalue weighted by atomic mass is 16.6. The van der Waals surface area contributed by atoms with Crippen LogP contribution in [0.3, 0.4) is 0 Å². The summed E-state index contributed by atoms with van der Waals surface area (Å²) in [6.45, 7) is -0.255. The van der Waals surface area contributed by atoms with Crippen molar-refractivity contribution in [3.63, 3.8) is 0 Å². The van der Waals surface area contributed by atoms with Crippen molar-refractivity contribution in [2.45, 2.75) is 31.4 Å². The molecule has 1 aromatic carbocycles. The molecule has 0 saturated carbocycles. The van der Waals surface area contributed by atoms with Gasteiger partial charge in [0.1, 0.15) is 25.0 Å². The topological polar surface area (TPSA) is 149 Å². The van der Waals surface area contributed by atoms with Gasteiger partial charge in [-0.1, -0.05) is 30.3 Å². The van der Waals surface area contributed by atoms with E-state index >= 15 is 0 Å². The van der Waals surface area contributed by atoms with E-state index in [0.717, 1.165) is 5.56 Å². The van der Waals surface area contributed by atoms with Crippen molar-refractivity contribution in [3.8, 4) is 0 Å². The Balaban J connectivity index is 1.85. The van der Waals surface area contributed by atoms with Crippen LogP contribution in [0.2, 0.25) is 0 Å². The molecule has 3 atom stereocenters. The molecule has 1 fully saturated rings. The van der Waals surface area contributed by atoms with Gasteiger partial charge in [-0.05, 0) is 5.56 Å². The second-order valence-corrected chi connectivity index (χ2v) is 5.32. The minimum Gasteiger partial charge on any atom is -0.445 e. The molecule has 0 radical (unpaired) electrons. The van der Waals surface area contributed by atoms with E-state index in [1.807, 2.05) is 18.2 Å². The summed E-state index contributed by atoms with van der Waals surface area (Å²) < 4.78 is 10.1. The van der Waals surface area contributed by atoms with Gasteiger partial charge in [-0.15, -0.1) is 0 Å². The van der Waals surface area contributed by atoms with Gasteiger partial charge in [-0.2, -0.15) is 0 Å². The largest absolute Gasteiger partial charge is 0.445 e. The molecule has 1 aromatic rings. The molecule has 1 saturated heterocycles. The highest BCUT2D eigenvalue weighted by Gasteiger charge is 2.39. The van der Waals surface area contributed by atoms with Crippen molar-refractivity contribution in [3.05, 3.63) is 35.9 Å². The SMILES string of the molecule is NC(=O)CNC(=O)[C@H](CC1OC1N)NC(=O)OCc1ccccc1. The molecule has 130 valence electrons. The van der Waals surface area contributed by atoms with Gasteiger partial charge >= 0.3 is 6.09 Å². The van der Waals surface area contributed by atoms with Crippen molar-refractivity contribution in [1.82, 2.24) is 10.6 Å². The van der Waals surface area contributed by atoms with Crippen LogP contribution in [-0.4, -0.2) is 42.8 Å². The number of hydrogen-bond acceptors (Lipinski definition) is 6. The Morgan fingerprint density at radius 1 is 1.25 bits per heavy atom. The van der Waals surface area contributed by atoms with E-state index in [2.05, 4.69) is 10.6 Å². The molecule has 2 rings (SSSR count). The second kappa shape index (κ2) is 8.27. The first-order chi connectivity index (χ1) is 11.5. The Kier molecular flexibility index (Phi) is 6.10. The van der Waals surface area contributed by atoms with E-state index in [4.69, 9.17) is 20.9 Å². The Morgan fingerprint density at radius 2 is 1.92 bits per heavy atom. The first-order valence-electron chi connectivity index (χ1n) is 7.40. The van der Waals surface area contributed by atoms with E-state index in [1.54, 1.807) is 12.1 Å². The van der Waals surface area contributed by atoms with Gasteiger partial charge in [-0.25, -0.2) is 4.79 Å². The number of nitrogens with one attached hydrogen (secondary N) is 2. The van der Waals surface area contributed by atoms with Gasteiger partial charge in [0.05, 0.1) is 6.54 Å². The van der Waals surface area contributed by atoms with Crippen LogP contribution in [0.4, 0.5) is 4.79 Å². The monoisotopic (exact) mass is 336 g/mol. The van der Waals surface area contributed by atoms with Crippen LogP contribution in [0.25, 0.3) is 0 Å². The fourth-order valence-electron chi connectivity index (χ4n) is 2.01. The maximum absolute atomic E-state index is 12.0. The predicted octanol–water partition coefficient (Wildman–Crippen LogP) is -1.04. The molecular weight excluding hydrogens is 316 g/mol. The average Bonchev–Trinajstić information content (AvgIpc) is 3.26. The van der Waals surface area contributed by atoms with E-state index < -0.39 is 30.2 Å². The van der Waals surface area contributed by atoms with Gasteiger partial charge < -0.3 is 31.6 Å². The summed E-state index contributed by atoms with van der Waals surface area (Å²) in [5.74, 6) is -1.25. The number of epoxide rings is 1. The standard InChI is InChI=1S/C15H20N4O5/c16-12(20)7-18-14(21)10(6-11-13(17)24-11)19-15(22)23-8-9-4-2-1-3-5-9/h1-5,10-11,13H,6-8,17H2,(H2,16,20)(H,18,21)(H,19,22)/t10-,11?,13?/m0/s1. The number of alkyl carbamates (subject to hydrolysis) is 1. The van der Waals surface area contributed by atoms with Crippen LogP contribution in [0, 0.1) is 0 Å². The minimum atomic E-state index is -0.939. The van der Waals surface area contributed by atoms with Crippen molar-refractivity contribution < 1.29 is 23.9 Å². The number of carbonyl (C=O) groups excluding carboxylic acids is 3. The lowest BCUT2D eigenvalue weighted by Crippen LogP contribution is -2.49. The Hall–Kier alpha value is -2.65. The zero-order valence-electron chi connectivity index (χ0n) is 12.9. The van der Waals surface area contributed by atoms with Crippen molar-refractivity contribution >= 4 is 17.9 Å². The van der Waals surface area contributed by atoms with Gasteiger partial charge in [0.15, 0.2) is 0 Å². The van der Waals surface area contributed by atoms with Crippen LogP contribution in [0.5, 0.6) is 0 Å². The fraction of sp³-hybridized carbons (Fsp3) is 0.400. The molecule has 9 nitrogen and oxygen atoms in total. The number of ether oxygens (including phenoxy) is 2. The average molecular weight is 336 g/mol. The zero-order chi connectivity index (χ0) is 17.5. The molecule has 6 N–H and O–H groups in total. The number of carbonyl (C=O) groups is 3. The molecule has 9 heteroatoms. The summed E-state index contributed by atoms with van der Waals surface area (Å²) in [7, 11) is 0. The highest BCUT2D eigenvalue weighted by Crippen LogP contribution is 2.21. The maximum Gasteiger partial charge on any atom is 0.408 e. The third kappa shape index (κ3) is 5.86. The number of primary amides is 1. The van der Waals surface area contributed by atoms with Crippen LogP contribution < -0.4 is 22.1 Å². The summed E-state index contributed by atoms with van der Waals surface area (Å²) >= 11 is 0. The van der Waals surface area contributed by atoms with E-state index in [1.165, 1.54) is 0 Å². The number of hydrogen-bond donors (Lipinski definition) is 4. The Bertz CT molecular complexity index is 595. The first-order valence-corrected chi connectivity index (χ1v) is 7.40. The van der Waals surface area contributed by atoms with E-state index in [9.17, 15) is 14.4 Å². The predicted molar refractivity (Wildman–Crippen MR) is 83.2 cm³/mol. The van der Waals surface area contributed by atoms with Crippen molar-refractivity contribution in [2.24, 2.45) is 11.5 Å². The molecule has 1 aliphatic heterocycles. The number of nitrogens with two attached hydrogens (primary N) is 2. The number of benzene rings is 1. The lowest BCUT2D eigenvalue weighted by atomic mass is 10.1. The van der Waals surface area contributed by atoms with Crippen LogP contribution in [0.15, 0.2) is 30.3 Å². The number of rotatable bonds is 8. The van der Waals surface area contributed by atoms with Gasteiger partial charge in [0.25, 0.3) is 0 Å². The summed E-state index contributed by atoms with van der Waals surface area (Å²) in [5, 5.41) is 4.77. The second-order valence-electron chi connectivity index (χ2n) is 5.32. The minimum absolute atomic E-state index is 0.0712. The van der Waals surface area contributed by atoms with Gasteiger partial charge in [0, 0.05) is 6.42 Å². The first kappa shape index (κ1) is 17.7. The summed E-state index contributed by atoms with van der Waals surface area (Å²) in [5.41, 5.74) is 11.3. The van der Waals surface area contributed by atoms with Crippen molar-refractivity contribution in [1.29, 1.82) is 0 Å². The third-order valence-electron chi connectivity index (χ3n) is 3.35. The molecule has 0 aromatic heterocycles. The lowest BCUT2D eigenvalue weighted by Gasteiger charge is -2.17. The molecule has 2 unspecified atom stereocenters.